The van der Waals surface area contributed by atoms with Crippen LogP contribution in [0.2, 0.25) is 5.02 Å². The highest BCUT2D eigenvalue weighted by atomic mass is 35.5. The van der Waals surface area contributed by atoms with Gasteiger partial charge in [-0.1, -0.05) is 29.8 Å². The number of carbonyl (C=O) groups excluding carboxylic acids is 1. The Hall–Kier alpha value is -3.11. The van der Waals surface area contributed by atoms with E-state index >= 15 is 0 Å². The van der Waals surface area contributed by atoms with E-state index in [1.807, 2.05) is 31.3 Å². The third-order valence-corrected chi connectivity index (χ3v) is 5.28. The van der Waals surface area contributed by atoms with Crippen LogP contribution in [0, 0.1) is 0 Å². The molecule has 31 heavy (non-hydrogen) atoms. The summed E-state index contributed by atoms with van der Waals surface area (Å²) in [6.07, 6.45) is 3.18. The molecule has 11 heteroatoms. The summed E-state index contributed by atoms with van der Waals surface area (Å²) < 4.78 is 1.75. The fourth-order valence-corrected chi connectivity index (χ4v) is 3.55. The second kappa shape index (κ2) is 13.2. The number of hydrogen-bond acceptors (Lipinski definition) is 6. The molecule has 0 aliphatic carbocycles. The first-order valence-corrected chi connectivity index (χ1v) is 9.85. The molecule has 170 valence electrons. The van der Waals surface area contributed by atoms with E-state index in [-0.39, 0.29) is 18.9 Å². The minimum atomic E-state index is -0.612. The first-order chi connectivity index (χ1) is 14.9. The molecule has 2 aromatic rings. The minimum Gasteiger partial charge on any atom is -0.483 e. The summed E-state index contributed by atoms with van der Waals surface area (Å²) in [5, 5.41) is 25.0. The van der Waals surface area contributed by atoms with Crippen molar-refractivity contribution in [2.24, 2.45) is 7.05 Å². The molecule has 1 amide bonds. The molecule has 1 saturated heterocycles. The van der Waals surface area contributed by atoms with Gasteiger partial charge in [-0.3, -0.25) is 24.0 Å². The number of nitrogens with zero attached hydrogens (tertiary/aromatic N) is 3. The van der Waals surface area contributed by atoms with Crippen molar-refractivity contribution in [1.29, 1.82) is 0 Å². The van der Waals surface area contributed by atoms with Crippen molar-refractivity contribution >= 4 is 36.3 Å². The van der Waals surface area contributed by atoms with Crippen molar-refractivity contribution in [3.8, 4) is 0 Å². The van der Waals surface area contributed by atoms with E-state index in [1.54, 1.807) is 17.9 Å². The van der Waals surface area contributed by atoms with Crippen LogP contribution in [-0.4, -0.2) is 69.4 Å². The largest absolute Gasteiger partial charge is 0.483 e. The number of carbonyl (C=O) groups is 3. The highest BCUT2D eigenvalue weighted by molar-refractivity contribution is 6.31. The summed E-state index contributed by atoms with van der Waals surface area (Å²) >= 11 is 6.27. The van der Waals surface area contributed by atoms with E-state index in [9.17, 15) is 4.79 Å². The lowest BCUT2D eigenvalue weighted by Crippen LogP contribution is -2.57. The lowest BCUT2D eigenvalue weighted by molar-refractivity contribution is -0.126. The Balaban J connectivity index is 0.000000720. The van der Waals surface area contributed by atoms with Gasteiger partial charge >= 0.3 is 0 Å². The lowest BCUT2D eigenvalue weighted by atomic mass is 9.86. The molecule has 1 aliphatic rings. The number of anilines is 1. The molecule has 0 unspecified atom stereocenters. The normalized spacial score (nSPS) is 14.7. The number of hydrogen-bond donors (Lipinski definition) is 4. The quantitative estimate of drug-likeness (QED) is 0.502. The number of nitrogens with one attached hydrogen (secondary N) is 2. The Morgan fingerprint density at radius 3 is 2.26 bits per heavy atom. The number of amides is 1. The van der Waals surface area contributed by atoms with Gasteiger partial charge in [0.2, 0.25) is 5.91 Å². The molecule has 0 radical (unpaired) electrons. The molecule has 2 heterocycles. The zero-order valence-corrected chi connectivity index (χ0v) is 18.2. The number of aryl methyl sites for hydroxylation is 1. The maximum Gasteiger partial charge on any atom is 0.290 e. The average molecular weight is 454 g/mol. The Kier molecular flexibility index (Phi) is 11.1. The Morgan fingerprint density at radius 1 is 1.19 bits per heavy atom. The van der Waals surface area contributed by atoms with Crippen molar-refractivity contribution in [1.82, 2.24) is 20.0 Å². The van der Waals surface area contributed by atoms with Gasteiger partial charge in [0.15, 0.2) is 0 Å². The van der Waals surface area contributed by atoms with Gasteiger partial charge in [-0.2, -0.15) is 5.10 Å². The number of rotatable bonds is 5. The fourth-order valence-electron chi connectivity index (χ4n) is 3.35. The molecule has 0 bridgehead atoms. The van der Waals surface area contributed by atoms with Gasteiger partial charge < -0.3 is 20.8 Å². The second-order valence-electron chi connectivity index (χ2n) is 6.70. The van der Waals surface area contributed by atoms with Crippen molar-refractivity contribution < 1.29 is 24.6 Å². The Labute approximate surface area is 185 Å². The van der Waals surface area contributed by atoms with E-state index in [4.69, 9.17) is 31.4 Å². The van der Waals surface area contributed by atoms with Crippen molar-refractivity contribution in [3.63, 3.8) is 0 Å². The highest BCUT2D eigenvalue weighted by Gasteiger charge is 2.41. The van der Waals surface area contributed by atoms with E-state index < -0.39 is 5.54 Å². The van der Waals surface area contributed by atoms with E-state index in [0.29, 0.717) is 0 Å². The smallest absolute Gasteiger partial charge is 0.290 e. The van der Waals surface area contributed by atoms with Crippen molar-refractivity contribution in [2.75, 3.05) is 25.5 Å². The average Bonchev–Trinajstić information content (AvgIpc) is 3.16. The summed E-state index contributed by atoms with van der Waals surface area (Å²) in [4.78, 5) is 31.7. The van der Waals surface area contributed by atoms with Crippen LogP contribution in [0.25, 0.3) is 0 Å². The standard InChI is InChI=1S/C18H24ClN5O.2CH2O2/c1-20-17(25)18(22-16-7-10-21-23(16)2)8-11-24(12-9-18)13-14-5-3-4-6-15(14)19;2*2-1-3/h3-7,10,22H,8-9,11-13H2,1-2H3,(H,20,25);2*1H,(H,2,3). The summed E-state index contributed by atoms with van der Waals surface area (Å²) in [6.45, 7) is 1.95. The molecule has 0 atom stereocenters. The fraction of sp³-hybridized carbons (Fsp3) is 0.400. The third kappa shape index (κ3) is 7.58. The molecule has 0 saturated carbocycles. The predicted molar refractivity (Wildman–Crippen MR) is 117 cm³/mol. The van der Waals surface area contributed by atoms with Gasteiger partial charge in [0.05, 0.1) is 6.20 Å². The van der Waals surface area contributed by atoms with Gasteiger partial charge in [0.25, 0.3) is 12.9 Å². The lowest BCUT2D eigenvalue weighted by Gasteiger charge is -2.41. The molecule has 10 nitrogen and oxygen atoms in total. The third-order valence-electron chi connectivity index (χ3n) is 4.91. The van der Waals surface area contributed by atoms with Crippen LogP contribution in [0.3, 0.4) is 0 Å². The molecule has 3 rings (SSSR count). The number of benzene rings is 1. The van der Waals surface area contributed by atoms with Gasteiger partial charge in [0.1, 0.15) is 11.4 Å². The Bertz CT molecular complexity index is 831. The Morgan fingerprint density at radius 2 is 1.77 bits per heavy atom. The monoisotopic (exact) mass is 453 g/mol. The molecule has 1 fully saturated rings. The SMILES string of the molecule is CNC(=O)C1(Nc2ccnn2C)CCN(Cc2ccccc2Cl)CC1.O=CO.O=CO. The summed E-state index contributed by atoms with van der Waals surface area (Å²) in [5.74, 6) is 0.870. The molecule has 1 aromatic carbocycles. The zero-order valence-electron chi connectivity index (χ0n) is 17.5. The maximum absolute atomic E-state index is 12.6. The number of aromatic nitrogens is 2. The molecular weight excluding hydrogens is 426 g/mol. The van der Waals surface area contributed by atoms with Crippen LogP contribution in [0.4, 0.5) is 5.82 Å². The highest BCUT2D eigenvalue weighted by Crippen LogP contribution is 2.29. The second-order valence-corrected chi connectivity index (χ2v) is 7.11. The van der Waals surface area contributed by atoms with Gasteiger partial charge in [-0.25, -0.2) is 0 Å². The van der Waals surface area contributed by atoms with E-state index in [1.165, 1.54) is 0 Å². The number of carboxylic acid groups (broad SMARTS) is 2. The first kappa shape index (κ1) is 25.9. The number of halogens is 1. The van der Waals surface area contributed by atoms with Crippen molar-refractivity contribution in [2.45, 2.75) is 24.9 Å². The number of likely N-dealkylation sites (N-methyl/N-ethyl adjacent to an activating group) is 1. The van der Waals surface area contributed by atoms with Crippen LogP contribution < -0.4 is 10.6 Å². The first-order valence-electron chi connectivity index (χ1n) is 9.47. The molecular formula is C20H28ClN5O5. The summed E-state index contributed by atoms with van der Waals surface area (Å²) in [7, 11) is 3.55. The molecule has 4 N–H and O–H groups in total. The van der Waals surface area contributed by atoms with E-state index in [2.05, 4.69) is 26.7 Å². The van der Waals surface area contributed by atoms with Gasteiger partial charge in [-0.05, 0) is 24.5 Å². The summed E-state index contributed by atoms with van der Waals surface area (Å²) in [6, 6.07) is 9.80. The molecule has 0 spiro atoms. The van der Waals surface area contributed by atoms with Crippen LogP contribution in [0.15, 0.2) is 36.5 Å². The van der Waals surface area contributed by atoms with E-state index in [0.717, 1.165) is 48.9 Å². The summed E-state index contributed by atoms with van der Waals surface area (Å²) in [5.41, 5.74) is 0.510. The maximum atomic E-state index is 12.6. The predicted octanol–water partition coefficient (Wildman–Crippen LogP) is 1.67. The number of likely N-dealkylation sites (tertiary alicyclic amines) is 1. The molecule has 1 aliphatic heterocycles. The van der Waals surface area contributed by atoms with Crippen LogP contribution >= 0.6 is 11.6 Å². The van der Waals surface area contributed by atoms with Gasteiger partial charge in [0, 0.05) is 44.8 Å². The zero-order chi connectivity index (χ0) is 23.3. The molecule has 1 aromatic heterocycles. The van der Waals surface area contributed by atoms with Crippen LogP contribution in [0.1, 0.15) is 18.4 Å². The van der Waals surface area contributed by atoms with Crippen LogP contribution in [-0.2, 0) is 28.0 Å². The van der Waals surface area contributed by atoms with Crippen LogP contribution in [0.5, 0.6) is 0 Å². The topological polar surface area (TPSA) is 137 Å². The van der Waals surface area contributed by atoms with Gasteiger partial charge in [-0.15, -0.1) is 0 Å². The van der Waals surface area contributed by atoms with Crippen molar-refractivity contribution in [3.05, 3.63) is 47.1 Å². The minimum absolute atomic E-state index is 0.0195. The number of piperidine rings is 1.